The van der Waals surface area contributed by atoms with Crippen LogP contribution in [0, 0.1) is 17.8 Å². The van der Waals surface area contributed by atoms with Crippen molar-refractivity contribution in [2.75, 3.05) is 6.61 Å². The number of hydrogen-bond donors (Lipinski definition) is 0. The number of ether oxygens (including phenoxy) is 1. The van der Waals surface area contributed by atoms with E-state index in [2.05, 4.69) is 41.5 Å². The number of allylic oxidation sites excluding steroid dienone is 3. The van der Waals surface area contributed by atoms with Crippen molar-refractivity contribution in [3.63, 3.8) is 0 Å². The van der Waals surface area contributed by atoms with Crippen LogP contribution < -0.4 is 0 Å². The zero-order valence-corrected chi connectivity index (χ0v) is 15.2. The zero-order valence-electron chi connectivity index (χ0n) is 15.2. The summed E-state index contributed by atoms with van der Waals surface area (Å²) in [5.41, 5.74) is 3.60. The highest BCUT2D eigenvalue weighted by Gasteiger charge is 2.13. The second-order valence-electron chi connectivity index (χ2n) is 6.59. The van der Waals surface area contributed by atoms with E-state index in [1.807, 2.05) is 13.8 Å². The van der Waals surface area contributed by atoms with Crippen molar-refractivity contribution in [3.05, 3.63) is 22.8 Å². The molecule has 0 aromatic carbocycles. The summed E-state index contributed by atoms with van der Waals surface area (Å²) in [6, 6.07) is 0. The fraction of sp³-hybridized carbons (Fsp3) is 0.737. The summed E-state index contributed by atoms with van der Waals surface area (Å²) in [6.07, 6.45) is 4.06. The summed E-state index contributed by atoms with van der Waals surface area (Å²) in [5.74, 6) is 1.81. The van der Waals surface area contributed by atoms with Gasteiger partial charge in [0, 0.05) is 6.08 Å². The van der Waals surface area contributed by atoms with Gasteiger partial charge in [0.25, 0.3) is 0 Å². The van der Waals surface area contributed by atoms with Gasteiger partial charge in [-0.25, -0.2) is 4.79 Å². The minimum atomic E-state index is -0.247. The lowest BCUT2D eigenvalue weighted by Gasteiger charge is -2.20. The summed E-state index contributed by atoms with van der Waals surface area (Å²) in [6.45, 7) is 17.7. The molecule has 2 heteroatoms. The fourth-order valence-corrected chi connectivity index (χ4v) is 2.21. The van der Waals surface area contributed by atoms with Crippen molar-refractivity contribution in [2.24, 2.45) is 17.8 Å². The third kappa shape index (κ3) is 7.50. The van der Waals surface area contributed by atoms with E-state index in [1.165, 1.54) is 24.0 Å². The number of carbonyl (C=O) groups is 1. The van der Waals surface area contributed by atoms with Crippen LogP contribution >= 0.6 is 0 Å². The molecular formula is C19H34O2. The van der Waals surface area contributed by atoms with Gasteiger partial charge in [0.05, 0.1) is 6.61 Å². The van der Waals surface area contributed by atoms with Gasteiger partial charge in [-0.1, -0.05) is 33.3 Å². The van der Waals surface area contributed by atoms with Gasteiger partial charge in [-0.3, -0.25) is 0 Å². The van der Waals surface area contributed by atoms with Crippen LogP contribution in [0.1, 0.15) is 68.2 Å². The van der Waals surface area contributed by atoms with Crippen LogP contribution in [0.25, 0.3) is 0 Å². The van der Waals surface area contributed by atoms with Crippen LogP contribution in [0.2, 0.25) is 0 Å². The second kappa shape index (κ2) is 9.81. The van der Waals surface area contributed by atoms with Crippen LogP contribution in [0.4, 0.5) is 0 Å². The molecule has 0 rings (SSSR count). The Balaban J connectivity index is 4.76. The first-order valence-corrected chi connectivity index (χ1v) is 8.23. The van der Waals surface area contributed by atoms with Crippen molar-refractivity contribution < 1.29 is 9.53 Å². The quantitative estimate of drug-likeness (QED) is 0.334. The molecule has 21 heavy (non-hydrogen) atoms. The Morgan fingerprint density at radius 3 is 2.10 bits per heavy atom. The highest BCUT2D eigenvalue weighted by Crippen LogP contribution is 2.27. The van der Waals surface area contributed by atoms with Gasteiger partial charge in [0.1, 0.15) is 0 Å². The van der Waals surface area contributed by atoms with Crippen LogP contribution in [-0.2, 0) is 9.53 Å². The number of hydrogen-bond acceptors (Lipinski definition) is 2. The summed E-state index contributed by atoms with van der Waals surface area (Å²) in [4.78, 5) is 11.5. The smallest absolute Gasteiger partial charge is 0.331 e. The summed E-state index contributed by atoms with van der Waals surface area (Å²) in [7, 11) is 0. The van der Waals surface area contributed by atoms with Gasteiger partial charge in [-0.15, -0.1) is 0 Å². The van der Waals surface area contributed by atoms with E-state index >= 15 is 0 Å². The van der Waals surface area contributed by atoms with Gasteiger partial charge in [-0.05, 0) is 69.4 Å². The van der Waals surface area contributed by atoms with E-state index in [-0.39, 0.29) is 5.97 Å². The van der Waals surface area contributed by atoms with E-state index in [9.17, 15) is 4.79 Å². The van der Waals surface area contributed by atoms with E-state index in [1.54, 1.807) is 6.08 Å². The molecule has 0 fully saturated rings. The van der Waals surface area contributed by atoms with Crippen LogP contribution in [0.3, 0.4) is 0 Å². The maximum atomic E-state index is 11.5. The monoisotopic (exact) mass is 294 g/mol. The molecule has 2 nitrogen and oxygen atoms in total. The summed E-state index contributed by atoms with van der Waals surface area (Å²) < 4.78 is 4.97. The topological polar surface area (TPSA) is 26.3 Å². The molecule has 0 saturated heterocycles. The van der Waals surface area contributed by atoms with Crippen molar-refractivity contribution in [1.29, 1.82) is 0 Å². The minimum Gasteiger partial charge on any atom is -0.463 e. The van der Waals surface area contributed by atoms with Crippen molar-refractivity contribution >= 4 is 5.97 Å². The van der Waals surface area contributed by atoms with E-state index < -0.39 is 0 Å². The Kier molecular flexibility index (Phi) is 9.32. The number of rotatable bonds is 8. The molecule has 0 heterocycles. The maximum absolute atomic E-state index is 11.5. The second-order valence-corrected chi connectivity index (χ2v) is 6.59. The normalized spacial score (nSPS) is 16.5. The number of carbonyl (C=O) groups excluding carboxylic acids is 1. The summed E-state index contributed by atoms with van der Waals surface area (Å²) >= 11 is 0. The molecule has 2 unspecified atom stereocenters. The van der Waals surface area contributed by atoms with Gasteiger partial charge in [0.15, 0.2) is 0 Å². The highest BCUT2D eigenvalue weighted by atomic mass is 16.5. The number of esters is 1. The first-order chi connectivity index (χ1) is 9.70. The lowest BCUT2D eigenvalue weighted by atomic mass is 9.85. The third-order valence-electron chi connectivity index (χ3n) is 4.74. The Labute approximate surface area is 131 Å². The summed E-state index contributed by atoms with van der Waals surface area (Å²) in [5, 5.41) is 0. The van der Waals surface area contributed by atoms with Crippen molar-refractivity contribution in [2.45, 2.75) is 68.2 Å². The SMILES string of the molecule is CCOC(=O)/C=C(C)/C(C)=C(\C)C(C)CCC(C)C(C)C. The van der Waals surface area contributed by atoms with Gasteiger partial charge < -0.3 is 4.74 Å². The van der Waals surface area contributed by atoms with Crippen LogP contribution in [0.5, 0.6) is 0 Å². The fourth-order valence-electron chi connectivity index (χ4n) is 2.21. The Bertz CT molecular complexity index is 388. The van der Waals surface area contributed by atoms with E-state index in [4.69, 9.17) is 4.74 Å². The average Bonchev–Trinajstić information content (AvgIpc) is 2.42. The molecule has 0 spiro atoms. The maximum Gasteiger partial charge on any atom is 0.331 e. The predicted molar refractivity (Wildman–Crippen MR) is 91.2 cm³/mol. The molecule has 0 radical (unpaired) electrons. The van der Waals surface area contributed by atoms with Crippen LogP contribution in [0.15, 0.2) is 22.8 Å². The largest absolute Gasteiger partial charge is 0.463 e. The molecular weight excluding hydrogens is 260 g/mol. The van der Waals surface area contributed by atoms with E-state index in [0.29, 0.717) is 12.5 Å². The van der Waals surface area contributed by atoms with Gasteiger partial charge in [0.2, 0.25) is 0 Å². The zero-order chi connectivity index (χ0) is 16.6. The standard InChI is InChI=1S/C19H34O2/c1-9-21-19(20)12-16(6)18(8)17(7)15(5)11-10-14(4)13(2)3/h12-15H,9-11H2,1-8H3/b16-12+,18-17+. The Morgan fingerprint density at radius 2 is 1.62 bits per heavy atom. The van der Waals surface area contributed by atoms with Gasteiger partial charge >= 0.3 is 5.97 Å². The molecule has 0 aliphatic carbocycles. The first-order valence-electron chi connectivity index (χ1n) is 8.23. The molecule has 0 aliphatic rings. The Hall–Kier alpha value is -1.05. The molecule has 0 aliphatic heterocycles. The molecule has 0 N–H and O–H groups in total. The van der Waals surface area contributed by atoms with Crippen LogP contribution in [-0.4, -0.2) is 12.6 Å². The predicted octanol–water partition coefficient (Wildman–Crippen LogP) is 5.54. The molecule has 2 atom stereocenters. The first kappa shape index (κ1) is 19.9. The Morgan fingerprint density at radius 1 is 1.05 bits per heavy atom. The average molecular weight is 294 g/mol. The molecule has 0 amide bonds. The highest BCUT2D eigenvalue weighted by molar-refractivity contribution is 5.83. The van der Waals surface area contributed by atoms with E-state index in [0.717, 1.165) is 17.4 Å². The molecule has 0 saturated carbocycles. The minimum absolute atomic E-state index is 0.247. The van der Waals surface area contributed by atoms with Crippen molar-refractivity contribution in [1.82, 2.24) is 0 Å². The third-order valence-corrected chi connectivity index (χ3v) is 4.74. The lowest BCUT2D eigenvalue weighted by Crippen LogP contribution is -2.08. The molecule has 0 aromatic rings. The molecule has 0 bridgehead atoms. The van der Waals surface area contributed by atoms with Gasteiger partial charge in [-0.2, -0.15) is 0 Å². The molecule has 0 aromatic heterocycles. The lowest BCUT2D eigenvalue weighted by molar-refractivity contribution is -0.137. The molecule has 122 valence electrons. The van der Waals surface area contributed by atoms with Crippen molar-refractivity contribution in [3.8, 4) is 0 Å².